The minimum absolute atomic E-state index is 0.0758. The zero-order valence-corrected chi connectivity index (χ0v) is 11.8. The van der Waals surface area contributed by atoms with Crippen LogP contribution in [0.2, 0.25) is 4.34 Å². The molecule has 0 saturated carbocycles. The molecule has 2 rings (SSSR count). The monoisotopic (exact) mass is 316 g/mol. The van der Waals surface area contributed by atoms with Gasteiger partial charge in [-0.2, -0.15) is 0 Å². The highest BCUT2D eigenvalue weighted by atomic mass is 35.5. The third-order valence-corrected chi connectivity index (χ3v) is 3.91. The van der Waals surface area contributed by atoms with Gasteiger partial charge in [0, 0.05) is 23.2 Å². The summed E-state index contributed by atoms with van der Waals surface area (Å²) in [6, 6.07) is 5.23. The maximum Gasteiger partial charge on any atom is 0.253 e. The molecule has 1 amide bonds. The summed E-state index contributed by atoms with van der Waals surface area (Å²) in [6.45, 7) is 0.355. The van der Waals surface area contributed by atoms with Crippen molar-refractivity contribution < 1.29 is 13.6 Å². The first kappa shape index (κ1) is 14.7. The van der Waals surface area contributed by atoms with Crippen molar-refractivity contribution >= 4 is 34.5 Å². The Morgan fingerprint density at radius 3 is 2.65 bits per heavy atom. The van der Waals surface area contributed by atoms with Gasteiger partial charge in [0.25, 0.3) is 5.91 Å². The SMILES string of the molecule is Nc1cc(F)c(F)cc1C(=O)NCCc1ccc(Cl)s1. The number of nitrogens with two attached hydrogens (primary N) is 1. The molecule has 3 N–H and O–H groups in total. The average molecular weight is 317 g/mol. The van der Waals surface area contributed by atoms with E-state index in [0.29, 0.717) is 17.3 Å². The summed E-state index contributed by atoms with van der Waals surface area (Å²) in [7, 11) is 0. The van der Waals surface area contributed by atoms with E-state index < -0.39 is 17.5 Å². The van der Waals surface area contributed by atoms with E-state index in [2.05, 4.69) is 5.32 Å². The summed E-state index contributed by atoms with van der Waals surface area (Å²) in [4.78, 5) is 12.8. The maximum atomic E-state index is 13.1. The third-order valence-electron chi connectivity index (χ3n) is 2.62. The van der Waals surface area contributed by atoms with Gasteiger partial charge < -0.3 is 11.1 Å². The summed E-state index contributed by atoms with van der Waals surface area (Å²) in [5, 5.41) is 2.60. The lowest BCUT2D eigenvalue weighted by Crippen LogP contribution is -2.26. The first-order valence-corrected chi connectivity index (χ1v) is 6.93. The van der Waals surface area contributed by atoms with Crippen LogP contribution < -0.4 is 11.1 Å². The number of halogens is 3. The molecule has 0 fully saturated rings. The van der Waals surface area contributed by atoms with E-state index in [-0.39, 0.29) is 11.3 Å². The first-order valence-electron chi connectivity index (χ1n) is 5.74. The normalized spacial score (nSPS) is 10.6. The fraction of sp³-hybridized carbons (Fsp3) is 0.154. The Kier molecular flexibility index (Phi) is 4.57. The Bertz CT molecular complexity index is 645. The number of carbonyl (C=O) groups is 1. The Hall–Kier alpha value is -1.66. The van der Waals surface area contributed by atoms with Crippen LogP contribution in [0.5, 0.6) is 0 Å². The summed E-state index contributed by atoms with van der Waals surface area (Å²) in [5.41, 5.74) is 5.32. The van der Waals surface area contributed by atoms with Crippen molar-refractivity contribution in [2.75, 3.05) is 12.3 Å². The summed E-state index contributed by atoms with van der Waals surface area (Å²) in [6.07, 6.45) is 0.604. The molecule has 3 nitrogen and oxygen atoms in total. The maximum absolute atomic E-state index is 13.1. The zero-order chi connectivity index (χ0) is 14.7. The number of rotatable bonds is 4. The minimum Gasteiger partial charge on any atom is -0.398 e. The molecule has 0 aliphatic heterocycles. The quantitative estimate of drug-likeness (QED) is 0.851. The molecule has 1 aromatic heterocycles. The number of thiophene rings is 1. The van der Waals surface area contributed by atoms with Crippen LogP contribution in [0.1, 0.15) is 15.2 Å². The van der Waals surface area contributed by atoms with E-state index in [0.717, 1.165) is 17.0 Å². The van der Waals surface area contributed by atoms with Crippen LogP contribution in [0.4, 0.5) is 14.5 Å². The smallest absolute Gasteiger partial charge is 0.253 e. The van der Waals surface area contributed by atoms with Gasteiger partial charge in [-0.1, -0.05) is 11.6 Å². The van der Waals surface area contributed by atoms with Crippen molar-refractivity contribution in [1.29, 1.82) is 0 Å². The molecule has 2 aromatic rings. The molecular formula is C13H11ClF2N2OS. The van der Waals surface area contributed by atoms with Crippen LogP contribution in [-0.4, -0.2) is 12.5 Å². The predicted octanol–water partition coefficient (Wildman–Crippen LogP) is 3.23. The van der Waals surface area contributed by atoms with Crippen LogP contribution in [0, 0.1) is 11.6 Å². The first-order chi connectivity index (χ1) is 9.47. The molecule has 20 heavy (non-hydrogen) atoms. The number of hydrogen-bond acceptors (Lipinski definition) is 3. The van der Waals surface area contributed by atoms with Crippen LogP contribution in [0.15, 0.2) is 24.3 Å². The van der Waals surface area contributed by atoms with Gasteiger partial charge in [0.2, 0.25) is 0 Å². The van der Waals surface area contributed by atoms with Crippen molar-refractivity contribution in [3.05, 3.63) is 50.7 Å². The number of amides is 1. The second-order valence-corrected chi connectivity index (χ2v) is 5.86. The lowest BCUT2D eigenvalue weighted by molar-refractivity contribution is 0.0954. The van der Waals surface area contributed by atoms with Crippen molar-refractivity contribution in [1.82, 2.24) is 5.32 Å². The molecule has 106 valence electrons. The number of anilines is 1. The fourth-order valence-corrected chi connectivity index (χ4v) is 2.73. The Labute approximate surface area is 123 Å². The van der Waals surface area contributed by atoms with Gasteiger partial charge in [-0.15, -0.1) is 11.3 Å². The van der Waals surface area contributed by atoms with E-state index in [9.17, 15) is 13.6 Å². The second-order valence-electron chi connectivity index (χ2n) is 4.07. The highest BCUT2D eigenvalue weighted by Crippen LogP contribution is 2.21. The molecule has 7 heteroatoms. The van der Waals surface area contributed by atoms with Gasteiger partial charge >= 0.3 is 0 Å². The molecule has 1 heterocycles. The largest absolute Gasteiger partial charge is 0.398 e. The summed E-state index contributed by atoms with van der Waals surface area (Å²) < 4.78 is 26.7. The standard InChI is InChI=1S/C13H11ClF2N2OS/c14-12-2-1-7(20-12)3-4-18-13(19)8-5-9(15)10(16)6-11(8)17/h1-2,5-6H,3-4,17H2,(H,18,19). The number of nitrogens with one attached hydrogen (secondary N) is 1. The molecule has 0 saturated heterocycles. The summed E-state index contributed by atoms with van der Waals surface area (Å²) >= 11 is 7.21. The van der Waals surface area contributed by atoms with Crippen molar-refractivity contribution in [3.63, 3.8) is 0 Å². The van der Waals surface area contributed by atoms with E-state index in [1.165, 1.54) is 11.3 Å². The Morgan fingerprint density at radius 1 is 1.30 bits per heavy atom. The number of hydrogen-bond donors (Lipinski definition) is 2. The van der Waals surface area contributed by atoms with E-state index in [1.54, 1.807) is 6.07 Å². The fourth-order valence-electron chi connectivity index (χ4n) is 1.64. The number of carbonyl (C=O) groups excluding carboxylic acids is 1. The third kappa shape index (κ3) is 3.46. The van der Waals surface area contributed by atoms with Crippen LogP contribution in [0.25, 0.3) is 0 Å². The Balaban J connectivity index is 1.97. The lowest BCUT2D eigenvalue weighted by atomic mass is 10.1. The van der Waals surface area contributed by atoms with Crippen LogP contribution in [-0.2, 0) is 6.42 Å². The van der Waals surface area contributed by atoms with Gasteiger partial charge in [-0.05, 0) is 24.6 Å². The van der Waals surface area contributed by atoms with Gasteiger partial charge in [0.05, 0.1) is 9.90 Å². The summed E-state index contributed by atoms with van der Waals surface area (Å²) in [5.74, 6) is -2.72. The molecule has 0 spiro atoms. The molecular weight excluding hydrogens is 306 g/mol. The minimum atomic E-state index is -1.10. The molecule has 0 unspecified atom stereocenters. The van der Waals surface area contributed by atoms with Crippen molar-refractivity contribution in [3.8, 4) is 0 Å². The van der Waals surface area contributed by atoms with Gasteiger partial charge in [-0.25, -0.2) is 8.78 Å². The van der Waals surface area contributed by atoms with E-state index in [1.807, 2.05) is 6.07 Å². The Morgan fingerprint density at radius 2 is 2.00 bits per heavy atom. The van der Waals surface area contributed by atoms with E-state index in [4.69, 9.17) is 17.3 Å². The highest BCUT2D eigenvalue weighted by Gasteiger charge is 2.14. The van der Waals surface area contributed by atoms with Crippen LogP contribution in [0.3, 0.4) is 0 Å². The van der Waals surface area contributed by atoms with Crippen LogP contribution >= 0.6 is 22.9 Å². The topological polar surface area (TPSA) is 55.1 Å². The average Bonchev–Trinajstić information content (AvgIpc) is 2.79. The van der Waals surface area contributed by atoms with E-state index >= 15 is 0 Å². The van der Waals surface area contributed by atoms with Crippen molar-refractivity contribution in [2.45, 2.75) is 6.42 Å². The van der Waals surface area contributed by atoms with Gasteiger partial charge in [0.15, 0.2) is 11.6 Å². The highest BCUT2D eigenvalue weighted by molar-refractivity contribution is 7.16. The number of nitrogen functional groups attached to an aromatic ring is 1. The van der Waals surface area contributed by atoms with Crippen molar-refractivity contribution in [2.24, 2.45) is 0 Å². The molecule has 0 atom stereocenters. The number of benzene rings is 1. The molecule has 0 radical (unpaired) electrons. The second kappa shape index (κ2) is 6.19. The molecule has 0 aliphatic rings. The molecule has 0 bridgehead atoms. The predicted molar refractivity (Wildman–Crippen MR) is 76.1 cm³/mol. The van der Waals surface area contributed by atoms with Gasteiger partial charge in [0.1, 0.15) is 0 Å². The van der Waals surface area contributed by atoms with Gasteiger partial charge in [-0.3, -0.25) is 4.79 Å². The molecule has 0 aliphatic carbocycles. The lowest BCUT2D eigenvalue weighted by Gasteiger charge is -2.07. The zero-order valence-electron chi connectivity index (χ0n) is 10.3. The molecule has 1 aromatic carbocycles.